The van der Waals surface area contributed by atoms with Gasteiger partial charge in [0.05, 0.1) is 0 Å². The molecule has 2 aliphatic rings. The van der Waals surface area contributed by atoms with Gasteiger partial charge in [0.15, 0.2) is 0 Å². The molecule has 3 heteroatoms. The van der Waals surface area contributed by atoms with E-state index in [9.17, 15) is 0 Å². The first-order valence-electron chi connectivity index (χ1n) is 8.08. The topological polar surface area (TPSA) is 6.48 Å². The number of fused-ring (bicyclic) bond motifs is 2. The Morgan fingerprint density at radius 3 is 2.36 bits per heavy atom. The summed E-state index contributed by atoms with van der Waals surface area (Å²) >= 11 is 1.93. The van der Waals surface area contributed by atoms with E-state index < -0.39 is 0 Å². The van der Waals surface area contributed by atoms with Crippen LogP contribution in [0.1, 0.15) is 17.2 Å². The Morgan fingerprint density at radius 1 is 0.864 bits per heavy atom. The minimum Gasteiger partial charge on any atom is -0.304 e. The van der Waals surface area contributed by atoms with Gasteiger partial charge in [-0.2, -0.15) is 0 Å². The number of hydrogen-bond donors (Lipinski definition) is 0. The van der Waals surface area contributed by atoms with Gasteiger partial charge in [-0.15, -0.1) is 0 Å². The van der Waals surface area contributed by atoms with Crippen LogP contribution in [-0.4, -0.2) is 43.0 Å². The molecule has 1 fully saturated rings. The molecular weight excluding hydrogens is 288 g/mol. The van der Waals surface area contributed by atoms with E-state index in [1.807, 2.05) is 11.8 Å². The van der Waals surface area contributed by atoms with Crippen LogP contribution in [-0.2, 0) is 6.42 Å². The van der Waals surface area contributed by atoms with Gasteiger partial charge in [0, 0.05) is 42.0 Å². The summed E-state index contributed by atoms with van der Waals surface area (Å²) in [5.41, 5.74) is 3.00. The van der Waals surface area contributed by atoms with Crippen molar-refractivity contribution in [1.29, 1.82) is 0 Å². The maximum absolute atomic E-state index is 2.68. The summed E-state index contributed by atoms with van der Waals surface area (Å²) in [7, 11) is 2.23. The summed E-state index contributed by atoms with van der Waals surface area (Å²) in [5.74, 6) is 0. The summed E-state index contributed by atoms with van der Waals surface area (Å²) in [6.07, 6.45) is 1.13. The molecule has 114 valence electrons. The van der Waals surface area contributed by atoms with Gasteiger partial charge < -0.3 is 4.90 Å². The van der Waals surface area contributed by atoms with Crippen molar-refractivity contribution >= 4 is 11.8 Å². The molecule has 2 aromatic carbocycles. The average Bonchev–Trinajstić information content (AvgIpc) is 2.72. The summed E-state index contributed by atoms with van der Waals surface area (Å²) < 4.78 is 0. The predicted octanol–water partition coefficient (Wildman–Crippen LogP) is 3.68. The molecule has 0 radical (unpaired) electrons. The number of piperazine rings is 1. The van der Waals surface area contributed by atoms with Crippen LogP contribution < -0.4 is 0 Å². The minimum atomic E-state index is 0.515. The first kappa shape index (κ1) is 14.3. The SMILES string of the molecule is CN1CCN([C@@H]2Cc3ccccc3Sc3ccccc32)CC1. The lowest BCUT2D eigenvalue weighted by atomic mass is 9.97. The Labute approximate surface area is 137 Å². The van der Waals surface area contributed by atoms with Crippen LogP contribution in [0.3, 0.4) is 0 Å². The Bertz CT molecular complexity index is 662. The molecule has 0 spiro atoms. The molecule has 0 bridgehead atoms. The van der Waals surface area contributed by atoms with Gasteiger partial charge in [-0.05, 0) is 36.7 Å². The van der Waals surface area contributed by atoms with E-state index in [0.29, 0.717) is 6.04 Å². The van der Waals surface area contributed by atoms with E-state index in [4.69, 9.17) is 0 Å². The fourth-order valence-corrected chi connectivity index (χ4v) is 4.65. The van der Waals surface area contributed by atoms with E-state index in [0.717, 1.165) is 6.42 Å². The highest BCUT2D eigenvalue weighted by atomic mass is 32.2. The molecule has 1 atom stereocenters. The standard InChI is InChI=1S/C19H22N2S/c1-20-10-12-21(13-11-20)17-14-15-6-2-4-8-18(15)22-19-9-5-3-7-16(17)19/h2-9,17H,10-14H2,1H3/t17-/m1/s1. The third kappa shape index (κ3) is 2.69. The highest BCUT2D eigenvalue weighted by molar-refractivity contribution is 7.99. The van der Waals surface area contributed by atoms with E-state index >= 15 is 0 Å². The van der Waals surface area contributed by atoms with Gasteiger partial charge in [0.1, 0.15) is 0 Å². The molecule has 2 aromatic rings. The van der Waals surface area contributed by atoms with Crippen LogP contribution in [0.4, 0.5) is 0 Å². The van der Waals surface area contributed by atoms with Gasteiger partial charge in [-0.25, -0.2) is 0 Å². The first-order chi connectivity index (χ1) is 10.8. The van der Waals surface area contributed by atoms with E-state index in [1.165, 1.54) is 47.1 Å². The lowest BCUT2D eigenvalue weighted by molar-refractivity contribution is 0.110. The number of nitrogens with zero attached hydrogens (tertiary/aromatic N) is 2. The smallest absolute Gasteiger partial charge is 0.0401 e. The van der Waals surface area contributed by atoms with Crippen LogP contribution in [0.15, 0.2) is 58.3 Å². The third-order valence-electron chi connectivity index (χ3n) is 4.86. The number of rotatable bonds is 1. The quantitative estimate of drug-likeness (QED) is 0.793. The molecule has 0 amide bonds. The zero-order chi connectivity index (χ0) is 14.9. The van der Waals surface area contributed by atoms with Crippen LogP contribution in [0.2, 0.25) is 0 Å². The van der Waals surface area contributed by atoms with Crippen LogP contribution in [0.25, 0.3) is 0 Å². The third-order valence-corrected chi connectivity index (χ3v) is 6.07. The van der Waals surface area contributed by atoms with Crippen molar-refractivity contribution in [3.8, 4) is 0 Å². The van der Waals surface area contributed by atoms with Crippen molar-refractivity contribution in [2.75, 3.05) is 33.2 Å². The molecule has 4 rings (SSSR count). The molecule has 0 N–H and O–H groups in total. The zero-order valence-corrected chi connectivity index (χ0v) is 13.9. The van der Waals surface area contributed by atoms with Crippen molar-refractivity contribution in [2.45, 2.75) is 22.3 Å². The first-order valence-corrected chi connectivity index (χ1v) is 8.90. The maximum atomic E-state index is 2.68. The number of benzene rings is 2. The summed E-state index contributed by atoms with van der Waals surface area (Å²) in [5, 5.41) is 0. The molecule has 0 aliphatic carbocycles. The second-order valence-electron chi connectivity index (χ2n) is 6.31. The monoisotopic (exact) mass is 310 g/mol. The number of hydrogen-bond acceptors (Lipinski definition) is 3. The van der Waals surface area contributed by atoms with Gasteiger partial charge in [-0.1, -0.05) is 48.2 Å². The summed E-state index contributed by atoms with van der Waals surface area (Å²) in [6.45, 7) is 4.69. The highest BCUT2D eigenvalue weighted by Crippen LogP contribution is 2.42. The molecule has 0 aromatic heterocycles. The van der Waals surface area contributed by atoms with Gasteiger partial charge >= 0.3 is 0 Å². The zero-order valence-electron chi connectivity index (χ0n) is 13.0. The van der Waals surface area contributed by atoms with E-state index in [2.05, 4.69) is 65.4 Å². The Kier molecular flexibility index (Phi) is 3.95. The summed E-state index contributed by atoms with van der Waals surface area (Å²) in [6, 6.07) is 18.4. The fraction of sp³-hybridized carbons (Fsp3) is 0.368. The van der Waals surface area contributed by atoms with Gasteiger partial charge in [0.2, 0.25) is 0 Å². The minimum absolute atomic E-state index is 0.515. The van der Waals surface area contributed by atoms with E-state index in [-0.39, 0.29) is 0 Å². The second-order valence-corrected chi connectivity index (χ2v) is 7.39. The normalized spacial score (nSPS) is 22.7. The Balaban J connectivity index is 1.73. The number of likely N-dealkylation sites (N-methyl/N-ethyl adjacent to an activating group) is 1. The molecule has 2 nitrogen and oxygen atoms in total. The Morgan fingerprint density at radius 2 is 1.55 bits per heavy atom. The van der Waals surface area contributed by atoms with Crippen molar-refractivity contribution in [3.05, 3.63) is 59.7 Å². The maximum Gasteiger partial charge on any atom is 0.0401 e. The van der Waals surface area contributed by atoms with Crippen LogP contribution in [0.5, 0.6) is 0 Å². The molecular formula is C19H22N2S. The predicted molar refractivity (Wildman–Crippen MR) is 92.5 cm³/mol. The van der Waals surface area contributed by atoms with Crippen molar-refractivity contribution in [2.24, 2.45) is 0 Å². The second kappa shape index (κ2) is 6.07. The van der Waals surface area contributed by atoms with Crippen molar-refractivity contribution in [1.82, 2.24) is 9.80 Å². The molecule has 1 saturated heterocycles. The fourth-order valence-electron chi connectivity index (χ4n) is 3.52. The molecule has 2 heterocycles. The Hall–Kier alpha value is -1.29. The molecule has 2 aliphatic heterocycles. The largest absolute Gasteiger partial charge is 0.304 e. The van der Waals surface area contributed by atoms with Crippen LogP contribution >= 0.6 is 11.8 Å². The lowest BCUT2D eigenvalue weighted by Crippen LogP contribution is -2.46. The van der Waals surface area contributed by atoms with Crippen molar-refractivity contribution in [3.63, 3.8) is 0 Å². The van der Waals surface area contributed by atoms with Gasteiger partial charge in [0.25, 0.3) is 0 Å². The van der Waals surface area contributed by atoms with E-state index in [1.54, 1.807) is 0 Å². The van der Waals surface area contributed by atoms with Crippen LogP contribution in [0, 0.1) is 0 Å². The molecule has 0 saturated carbocycles. The average molecular weight is 310 g/mol. The molecule has 0 unspecified atom stereocenters. The molecule has 22 heavy (non-hydrogen) atoms. The summed E-state index contributed by atoms with van der Waals surface area (Å²) in [4.78, 5) is 7.96. The van der Waals surface area contributed by atoms with Crippen molar-refractivity contribution < 1.29 is 0 Å². The van der Waals surface area contributed by atoms with Gasteiger partial charge in [-0.3, -0.25) is 4.90 Å². The highest BCUT2D eigenvalue weighted by Gasteiger charge is 2.28. The lowest BCUT2D eigenvalue weighted by Gasteiger charge is -2.38.